The van der Waals surface area contributed by atoms with Crippen molar-refractivity contribution >= 4 is 28.2 Å². The van der Waals surface area contributed by atoms with Crippen molar-refractivity contribution in [2.75, 3.05) is 26.2 Å². The molecular weight excluding hydrogens is 328 g/mol. The van der Waals surface area contributed by atoms with E-state index in [2.05, 4.69) is 28.8 Å². The zero-order valence-electron chi connectivity index (χ0n) is 13.7. The van der Waals surface area contributed by atoms with Crippen LogP contribution in [0.15, 0.2) is 35.1 Å². The van der Waals surface area contributed by atoms with Crippen LogP contribution < -0.4 is 10.3 Å². The van der Waals surface area contributed by atoms with Gasteiger partial charge in [-0.2, -0.15) is 4.52 Å². The van der Waals surface area contributed by atoms with E-state index in [-0.39, 0.29) is 5.56 Å². The predicted molar refractivity (Wildman–Crippen MR) is 95.1 cm³/mol. The molecule has 0 N–H and O–H groups in total. The van der Waals surface area contributed by atoms with Crippen LogP contribution in [0.2, 0.25) is 5.02 Å². The maximum Gasteiger partial charge on any atom is 0.282 e. The van der Waals surface area contributed by atoms with Gasteiger partial charge in [-0.25, -0.2) is 4.98 Å². The molecule has 0 unspecified atom stereocenters. The fourth-order valence-corrected chi connectivity index (χ4v) is 2.72. The van der Waals surface area contributed by atoms with Crippen molar-refractivity contribution in [3.05, 3.63) is 45.7 Å². The van der Waals surface area contributed by atoms with Gasteiger partial charge in [0.2, 0.25) is 5.88 Å². The molecule has 0 amide bonds. The molecule has 2 aromatic heterocycles. The van der Waals surface area contributed by atoms with Gasteiger partial charge in [-0.3, -0.25) is 4.79 Å². The van der Waals surface area contributed by atoms with Crippen LogP contribution in [-0.2, 0) is 0 Å². The van der Waals surface area contributed by atoms with Gasteiger partial charge in [-0.05, 0) is 37.4 Å². The fraction of sp³-hybridized carbons (Fsp3) is 0.353. The highest BCUT2D eigenvalue weighted by Gasteiger charge is 2.09. The number of hydrogen-bond donors (Lipinski definition) is 0. The fourth-order valence-electron chi connectivity index (χ4n) is 2.54. The number of likely N-dealkylation sites (N-methyl/N-ethyl adjacent to an activating group) is 1. The molecule has 0 spiro atoms. The number of ether oxygens (including phenoxy) is 1. The Labute approximate surface area is 144 Å². The molecule has 7 heteroatoms. The normalized spacial score (nSPS) is 11.5. The first-order valence-electron chi connectivity index (χ1n) is 7.97. The highest BCUT2D eigenvalue weighted by Crippen LogP contribution is 2.16. The highest BCUT2D eigenvalue weighted by atomic mass is 35.5. The van der Waals surface area contributed by atoms with Crippen LogP contribution in [0.25, 0.3) is 16.6 Å². The molecule has 0 aliphatic carbocycles. The third kappa shape index (κ3) is 3.34. The largest absolute Gasteiger partial charge is 0.475 e. The van der Waals surface area contributed by atoms with E-state index in [9.17, 15) is 4.79 Å². The minimum absolute atomic E-state index is 0.258. The van der Waals surface area contributed by atoms with Gasteiger partial charge >= 0.3 is 0 Å². The molecule has 0 aliphatic heterocycles. The van der Waals surface area contributed by atoms with E-state index in [4.69, 9.17) is 16.3 Å². The van der Waals surface area contributed by atoms with Crippen LogP contribution in [0.1, 0.15) is 13.8 Å². The van der Waals surface area contributed by atoms with Crippen LogP contribution in [0.5, 0.6) is 5.88 Å². The Balaban J connectivity index is 1.91. The second-order valence-corrected chi connectivity index (χ2v) is 5.83. The van der Waals surface area contributed by atoms with E-state index in [1.54, 1.807) is 30.3 Å². The van der Waals surface area contributed by atoms with Crippen LogP contribution in [0, 0.1) is 0 Å². The number of rotatable bonds is 6. The molecule has 0 fully saturated rings. The quantitative estimate of drug-likeness (QED) is 0.642. The number of halogens is 1. The Kier molecular flexibility index (Phi) is 4.97. The third-order valence-electron chi connectivity index (χ3n) is 3.96. The lowest BCUT2D eigenvalue weighted by Crippen LogP contribution is -2.28. The summed E-state index contributed by atoms with van der Waals surface area (Å²) in [5.74, 6) is 0.403. The van der Waals surface area contributed by atoms with Crippen LogP contribution in [0.4, 0.5) is 0 Å². The molecular formula is C17H19ClN4O2. The lowest BCUT2D eigenvalue weighted by Gasteiger charge is -2.17. The SMILES string of the molecule is CCN(CC)CCOc1ccc2nc3ccc(Cl)cc3c(=O)n2n1. The molecule has 0 saturated carbocycles. The van der Waals surface area contributed by atoms with E-state index in [1.165, 1.54) is 4.52 Å². The van der Waals surface area contributed by atoms with Crippen molar-refractivity contribution < 1.29 is 4.74 Å². The summed E-state index contributed by atoms with van der Waals surface area (Å²) in [5.41, 5.74) is 0.819. The number of benzene rings is 1. The summed E-state index contributed by atoms with van der Waals surface area (Å²) in [7, 11) is 0. The average Bonchev–Trinajstić information content (AvgIpc) is 2.60. The van der Waals surface area contributed by atoms with Crippen molar-refractivity contribution in [2.45, 2.75) is 13.8 Å². The molecule has 24 heavy (non-hydrogen) atoms. The van der Waals surface area contributed by atoms with E-state index < -0.39 is 0 Å². The zero-order chi connectivity index (χ0) is 17.1. The van der Waals surface area contributed by atoms with Crippen molar-refractivity contribution in [3.63, 3.8) is 0 Å². The summed E-state index contributed by atoms with van der Waals surface area (Å²) >= 11 is 5.97. The van der Waals surface area contributed by atoms with Gasteiger partial charge in [0.1, 0.15) is 6.61 Å². The van der Waals surface area contributed by atoms with Gasteiger partial charge in [0.25, 0.3) is 5.56 Å². The smallest absolute Gasteiger partial charge is 0.282 e. The Morgan fingerprint density at radius 1 is 1.21 bits per heavy atom. The van der Waals surface area contributed by atoms with Crippen LogP contribution in [-0.4, -0.2) is 45.7 Å². The maximum absolute atomic E-state index is 12.6. The van der Waals surface area contributed by atoms with Crippen molar-refractivity contribution in [2.24, 2.45) is 0 Å². The molecule has 0 bridgehead atoms. The molecule has 0 saturated heterocycles. The minimum atomic E-state index is -0.258. The molecule has 3 rings (SSSR count). The summed E-state index contributed by atoms with van der Waals surface area (Å²) in [4.78, 5) is 19.3. The third-order valence-corrected chi connectivity index (χ3v) is 4.19. The Morgan fingerprint density at radius 2 is 2.00 bits per heavy atom. The highest BCUT2D eigenvalue weighted by molar-refractivity contribution is 6.31. The molecule has 126 valence electrons. The number of hydrogen-bond acceptors (Lipinski definition) is 5. The van der Waals surface area contributed by atoms with Crippen molar-refractivity contribution in [3.8, 4) is 5.88 Å². The lowest BCUT2D eigenvalue weighted by molar-refractivity contribution is 0.216. The zero-order valence-corrected chi connectivity index (χ0v) is 14.5. The second kappa shape index (κ2) is 7.15. The molecule has 1 aromatic carbocycles. The first-order chi connectivity index (χ1) is 11.6. The van der Waals surface area contributed by atoms with Gasteiger partial charge in [-0.15, -0.1) is 5.10 Å². The van der Waals surface area contributed by atoms with Crippen LogP contribution in [0.3, 0.4) is 0 Å². The Morgan fingerprint density at radius 3 is 2.75 bits per heavy atom. The molecule has 6 nitrogen and oxygen atoms in total. The molecule has 0 aliphatic rings. The Bertz CT molecular complexity index is 921. The predicted octanol–water partition coefficient (Wildman–Crippen LogP) is 2.62. The van der Waals surface area contributed by atoms with Gasteiger partial charge in [-0.1, -0.05) is 25.4 Å². The number of nitrogens with zero attached hydrogens (tertiary/aromatic N) is 4. The standard InChI is InChI=1S/C17H19ClN4O2/c1-3-21(4-2)9-10-24-16-8-7-15-19-14-6-5-12(18)11-13(14)17(23)22(15)20-16/h5-8,11H,3-4,9-10H2,1-2H3. The lowest BCUT2D eigenvalue weighted by atomic mass is 10.2. The Hall–Kier alpha value is -2.18. The summed E-state index contributed by atoms with van der Waals surface area (Å²) in [5, 5.41) is 5.19. The average molecular weight is 347 g/mol. The summed E-state index contributed by atoms with van der Waals surface area (Å²) in [6.45, 7) is 7.50. The minimum Gasteiger partial charge on any atom is -0.475 e. The first-order valence-corrected chi connectivity index (χ1v) is 8.34. The van der Waals surface area contributed by atoms with Gasteiger partial charge in [0, 0.05) is 17.6 Å². The summed E-state index contributed by atoms with van der Waals surface area (Å²) in [6.07, 6.45) is 0. The van der Waals surface area contributed by atoms with E-state index in [0.717, 1.165) is 19.6 Å². The van der Waals surface area contributed by atoms with Gasteiger partial charge < -0.3 is 9.64 Å². The number of aromatic nitrogens is 3. The second-order valence-electron chi connectivity index (χ2n) is 5.40. The monoisotopic (exact) mass is 346 g/mol. The van der Waals surface area contributed by atoms with E-state index >= 15 is 0 Å². The first kappa shape index (κ1) is 16.7. The van der Waals surface area contributed by atoms with E-state index in [1.807, 2.05) is 0 Å². The summed E-state index contributed by atoms with van der Waals surface area (Å²) < 4.78 is 6.93. The van der Waals surface area contributed by atoms with Crippen molar-refractivity contribution in [1.29, 1.82) is 0 Å². The topological polar surface area (TPSA) is 59.7 Å². The molecule has 0 atom stereocenters. The maximum atomic E-state index is 12.6. The molecule has 2 heterocycles. The van der Waals surface area contributed by atoms with Gasteiger partial charge in [0.15, 0.2) is 5.65 Å². The summed E-state index contributed by atoms with van der Waals surface area (Å²) in [6, 6.07) is 8.51. The van der Waals surface area contributed by atoms with Crippen LogP contribution >= 0.6 is 11.6 Å². The molecule has 0 radical (unpaired) electrons. The van der Waals surface area contributed by atoms with Crippen molar-refractivity contribution in [1.82, 2.24) is 19.5 Å². The number of fused-ring (bicyclic) bond motifs is 2. The molecule has 3 aromatic rings. The van der Waals surface area contributed by atoms with Gasteiger partial charge in [0.05, 0.1) is 10.9 Å². The van der Waals surface area contributed by atoms with E-state index in [0.29, 0.717) is 34.1 Å².